The molecule has 0 bridgehead atoms. The number of methoxy groups -OCH3 is 1. The zero-order chi connectivity index (χ0) is 15.2. The molecule has 21 heavy (non-hydrogen) atoms. The fourth-order valence-electron chi connectivity index (χ4n) is 1.96. The Morgan fingerprint density at radius 2 is 2.00 bits per heavy atom. The van der Waals surface area contributed by atoms with Gasteiger partial charge in [-0.2, -0.15) is 0 Å². The molecule has 3 nitrogen and oxygen atoms in total. The second-order valence-corrected chi connectivity index (χ2v) is 5.38. The highest BCUT2D eigenvalue weighted by Gasteiger charge is 2.10. The normalized spacial score (nSPS) is 10.5. The summed E-state index contributed by atoms with van der Waals surface area (Å²) in [6, 6.07) is 10.8. The fraction of sp³-hybridized carbons (Fsp3) is 0.250. The molecule has 0 aliphatic rings. The molecule has 0 atom stereocenters. The fourth-order valence-corrected chi connectivity index (χ4v) is 2.51. The van der Waals surface area contributed by atoms with Crippen LogP contribution in [0.15, 0.2) is 40.9 Å². The van der Waals surface area contributed by atoms with Gasteiger partial charge in [-0.3, -0.25) is 0 Å². The molecule has 0 spiro atoms. The van der Waals surface area contributed by atoms with Crippen LogP contribution in [0.1, 0.15) is 11.1 Å². The topological polar surface area (TPSA) is 44.5 Å². The summed E-state index contributed by atoms with van der Waals surface area (Å²) >= 11 is 3.45. The summed E-state index contributed by atoms with van der Waals surface area (Å²) < 4.78 is 25.5. The molecule has 112 valence electrons. The van der Waals surface area contributed by atoms with Crippen molar-refractivity contribution in [1.82, 2.24) is 0 Å². The molecule has 0 saturated carbocycles. The maximum atomic E-state index is 14.0. The quantitative estimate of drug-likeness (QED) is 0.861. The minimum atomic E-state index is -0.393. The van der Waals surface area contributed by atoms with Crippen LogP contribution in [0, 0.1) is 5.82 Å². The zero-order valence-electron chi connectivity index (χ0n) is 11.7. The van der Waals surface area contributed by atoms with Crippen molar-refractivity contribution in [3.05, 3.63) is 57.8 Å². The van der Waals surface area contributed by atoms with E-state index in [0.29, 0.717) is 17.9 Å². The SMILES string of the molecule is COc1cccc(COc2ccc(CCN)cc2Br)c1F. The Balaban J connectivity index is 2.10. The van der Waals surface area contributed by atoms with E-state index >= 15 is 0 Å². The van der Waals surface area contributed by atoms with Crippen LogP contribution in [0.4, 0.5) is 4.39 Å². The molecule has 0 radical (unpaired) electrons. The van der Waals surface area contributed by atoms with Crippen molar-refractivity contribution in [2.24, 2.45) is 5.73 Å². The summed E-state index contributed by atoms with van der Waals surface area (Å²) in [6.07, 6.45) is 0.809. The van der Waals surface area contributed by atoms with E-state index in [-0.39, 0.29) is 12.4 Å². The van der Waals surface area contributed by atoms with Gasteiger partial charge in [0.1, 0.15) is 12.4 Å². The van der Waals surface area contributed by atoms with Gasteiger partial charge < -0.3 is 15.2 Å². The third-order valence-electron chi connectivity index (χ3n) is 3.08. The molecule has 0 saturated heterocycles. The average molecular weight is 354 g/mol. The van der Waals surface area contributed by atoms with Crippen LogP contribution in [-0.4, -0.2) is 13.7 Å². The smallest absolute Gasteiger partial charge is 0.171 e. The van der Waals surface area contributed by atoms with Gasteiger partial charge in [0, 0.05) is 5.56 Å². The summed E-state index contributed by atoms with van der Waals surface area (Å²) in [5.74, 6) is 0.488. The Bertz CT molecular complexity index is 619. The van der Waals surface area contributed by atoms with Crippen LogP contribution >= 0.6 is 15.9 Å². The molecule has 0 amide bonds. The zero-order valence-corrected chi connectivity index (χ0v) is 13.3. The number of hydrogen-bond acceptors (Lipinski definition) is 3. The first-order valence-corrected chi connectivity index (χ1v) is 7.37. The number of rotatable bonds is 6. The highest BCUT2D eigenvalue weighted by Crippen LogP contribution is 2.28. The molecule has 2 rings (SSSR count). The predicted molar refractivity (Wildman–Crippen MR) is 84.2 cm³/mol. The largest absolute Gasteiger partial charge is 0.494 e. The number of ether oxygens (including phenoxy) is 2. The molecule has 2 aromatic carbocycles. The van der Waals surface area contributed by atoms with E-state index in [4.69, 9.17) is 15.2 Å². The molecule has 0 heterocycles. The molecular weight excluding hydrogens is 337 g/mol. The van der Waals surface area contributed by atoms with Crippen molar-refractivity contribution in [2.75, 3.05) is 13.7 Å². The van der Waals surface area contributed by atoms with E-state index in [1.165, 1.54) is 7.11 Å². The Kier molecular flexibility index (Phi) is 5.59. The van der Waals surface area contributed by atoms with Gasteiger partial charge in [-0.05, 0) is 52.7 Å². The van der Waals surface area contributed by atoms with Crippen LogP contribution in [0.5, 0.6) is 11.5 Å². The Hall–Kier alpha value is -1.59. The molecule has 0 aliphatic heterocycles. The second-order valence-electron chi connectivity index (χ2n) is 4.53. The average Bonchev–Trinajstić information content (AvgIpc) is 2.48. The van der Waals surface area contributed by atoms with Crippen LogP contribution in [-0.2, 0) is 13.0 Å². The van der Waals surface area contributed by atoms with E-state index in [1.54, 1.807) is 18.2 Å². The first kappa shape index (κ1) is 15.8. The Morgan fingerprint density at radius 1 is 1.19 bits per heavy atom. The van der Waals surface area contributed by atoms with Gasteiger partial charge in [0.25, 0.3) is 0 Å². The lowest BCUT2D eigenvalue weighted by Gasteiger charge is -2.11. The molecule has 0 aromatic heterocycles. The van der Waals surface area contributed by atoms with Gasteiger partial charge in [-0.1, -0.05) is 18.2 Å². The standard InChI is InChI=1S/C16H17BrFNO2/c1-20-15-4-2-3-12(16(15)18)10-21-14-6-5-11(7-8-19)9-13(14)17/h2-6,9H,7-8,10,19H2,1H3. The van der Waals surface area contributed by atoms with E-state index in [0.717, 1.165) is 16.5 Å². The molecule has 5 heteroatoms. The third-order valence-corrected chi connectivity index (χ3v) is 3.70. The molecular formula is C16H17BrFNO2. The number of nitrogens with two attached hydrogens (primary N) is 1. The Morgan fingerprint density at radius 3 is 2.67 bits per heavy atom. The molecule has 0 aliphatic carbocycles. The minimum Gasteiger partial charge on any atom is -0.494 e. The summed E-state index contributed by atoms with van der Waals surface area (Å²) in [5.41, 5.74) is 7.11. The highest BCUT2D eigenvalue weighted by molar-refractivity contribution is 9.10. The number of halogens is 2. The minimum absolute atomic E-state index is 0.137. The first-order chi connectivity index (χ1) is 10.2. The molecule has 0 unspecified atom stereocenters. The summed E-state index contributed by atoms with van der Waals surface area (Å²) in [4.78, 5) is 0. The van der Waals surface area contributed by atoms with Gasteiger partial charge in [-0.25, -0.2) is 4.39 Å². The molecule has 0 fully saturated rings. The van der Waals surface area contributed by atoms with Crippen molar-refractivity contribution in [2.45, 2.75) is 13.0 Å². The van der Waals surface area contributed by atoms with Crippen LogP contribution in [0.3, 0.4) is 0 Å². The highest BCUT2D eigenvalue weighted by atomic mass is 79.9. The summed E-state index contributed by atoms with van der Waals surface area (Å²) in [6.45, 7) is 0.736. The molecule has 2 aromatic rings. The first-order valence-electron chi connectivity index (χ1n) is 6.58. The maximum absolute atomic E-state index is 14.0. The van der Waals surface area contributed by atoms with Gasteiger partial charge in [0.15, 0.2) is 11.6 Å². The van der Waals surface area contributed by atoms with Crippen molar-refractivity contribution in [3.8, 4) is 11.5 Å². The van der Waals surface area contributed by atoms with Crippen LogP contribution < -0.4 is 15.2 Å². The summed E-state index contributed by atoms with van der Waals surface area (Å²) in [7, 11) is 1.44. The number of hydrogen-bond donors (Lipinski definition) is 1. The van der Waals surface area contributed by atoms with Crippen LogP contribution in [0.2, 0.25) is 0 Å². The van der Waals surface area contributed by atoms with Crippen LogP contribution in [0.25, 0.3) is 0 Å². The van der Waals surface area contributed by atoms with Crippen molar-refractivity contribution in [1.29, 1.82) is 0 Å². The van der Waals surface area contributed by atoms with E-state index in [1.807, 2.05) is 18.2 Å². The Labute approximate surface area is 132 Å². The van der Waals surface area contributed by atoms with E-state index in [9.17, 15) is 4.39 Å². The maximum Gasteiger partial charge on any atom is 0.171 e. The van der Waals surface area contributed by atoms with Gasteiger partial charge >= 0.3 is 0 Å². The van der Waals surface area contributed by atoms with Crippen molar-refractivity contribution < 1.29 is 13.9 Å². The third kappa shape index (κ3) is 3.95. The lowest BCUT2D eigenvalue weighted by Crippen LogP contribution is -2.03. The lowest BCUT2D eigenvalue weighted by atomic mass is 10.1. The monoisotopic (exact) mass is 353 g/mol. The lowest BCUT2D eigenvalue weighted by molar-refractivity contribution is 0.294. The van der Waals surface area contributed by atoms with Crippen molar-refractivity contribution in [3.63, 3.8) is 0 Å². The summed E-state index contributed by atoms with van der Waals surface area (Å²) in [5, 5.41) is 0. The van der Waals surface area contributed by atoms with Gasteiger partial charge in [0.2, 0.25) is 0 Å². The van der Waals surface area contributed by atoms with Crippen molar-refractivity contribution >= 4 is 15.9 Å². The number of benzene rings is 2. The van der Waals surface area contributed by atoms with Gasteiger partial charge in [0.05, 0.1) is 11.6 Å². The molecule has 2 N–H and O–H groups in total. The van der Waals surface area contributed by atoms with E-state index < -0.39 is 5.82 Å². The predicted octanol–water partition coefficient (Wildman–Crippen LogP) is 3.68. The van der Waals surface area contributed by atoms with E-state index in [2.05, 4.69) is 15.9 Å². The second kappa shape index (κ2) is 7.43. The van der Waals surface area contributed by atoms with Gasteiger partial charge in [-0.15, -0.1) is 0 Å².